The quantitative estimate of drug-likeness (QED) is 0.346. The number of furan rings is 1. The number of carbonyl (C=O) groups excluding carboxylic acids is 1. The summed E-state index contributed by atoms with van der Waals surface area (Å²) >= 11 is 0. The minimum absolute atomic E-state index is 0.0844. The number of anilines is 1. The molecule has 20 heavy (non-hydrogen) atoms. The van der Waals surface area contributed by atoms with Crippen molar-refractivity contribution in [3.05, 3.63) is 53.2 Å². The molecule has 1 amide bonds. The van der Waals surface area contributed by atoms with Crippen molar-refractivity contribution in [1.29, 1.82) is 0 Å². The molecule has 104 valence electrons. The molecule has 0 atom stereocenters. The number of carbonyl (C=O) groups is 1. The van der Waals surface area contributed by atoms with Crippen LogP contribution in [0.15, 0.2) is 40.1 Å². The maximum absolute atomic E-state index is 13.7. The molecule has 0 fully saturated rings. The lowest BCUT2D eigenvalue weighted by Crippen LogP contribution is -2.20. The van der Waals surface area contributed by atoms with Gasteiger partial charge in [0.05, 0.1) is 17.5 Å². The van der Waals surface area contributed by atoms with Crippen LogP contribution in [0, 0.1) is 12.7 Å². The van der Waals surface area contributed by atoms with Crippen molar-refractivity contribution in [3.8, 4) is 0 Å². The van der Waals surface area contributed by atoms with Gasteiger partial charge in [-0.15, -0.1) is 0 Å². The Hall–Kier alpha value is -2.83. The van der Waals surface area contributed by atoms with Gasteiger partial charge in [-0.25, -0.2) is 4.39 Å². The fraction of sp³-hybridized carbons (Fsp3) is 0.0769. The highest BCUT2D eigenvalue weighted by Gasteiger charge is 2.18. The maximum atomic E-state index is 13.7. The first-order chi connectivity index (χ1) is 9.54. The van der Waals surface area contributed by atoms with E-state index >= 15 is 0 Å². The Morgan fingerprint density at radius 1 is 1.45 bits per heavy atom. The Morgan fingerprint density at radius 3 is 2.80 bits per heavy atom. The summed E-state index contributed by atoms with van der Waals surface area (Å²) in [5.41, 5.74) is 5.95. The summed E-state index contributed by atoms with van der Waals surface area (Å²) in [5.74, 6) is -1.59. The van der Waals surface area contributed by atoms with Crippen molar-refractivity contribution in [2.45, 2.75) is 6.92 Å². The lowest BCUT2D eigenvalue weighted by Gasteiger charge is -2.10. The number of benzene rings is 1. The molecule has 0 bridgehead atoms. The monoisotopic (exact) mass is 277 g/mol. The van der Waals surface area contributed by atoms with Gasteiger partial charge in [-0.2, -0.15) is 0 Å². The predicted molar refractivity (Wildman–Crippen MR) is 70.3 cm³/mol. The van der Waals surface area contributed by atoms with E-state index < -0.39 is 17.6 Å². The number of hydrogen-bond acceptors (Lipinski definition) is 4. The van der Waals surface area contributed by atoms with E-state index in [-0.39, 0.29) is 17.0 Å². The van der Waals surface area contributed by atoms with E-state index in [1.54, 1.807) is 13.0 Å². The maximum Gasteiger partial charge on any atom is 0.291 e. The first kappa shape index (κ1) is 13.6. The molecule has 6 nitrogen and oxygen atoms in total. The van der Waals surface area contributed by atoms with Gasteiger partial charge in [-0.05, 0) is 25.1 Å². The van der Waals surface area contributed by atoms with Crippen LogP contribution in [0.4, 0.5) is 10.1 Å². The fourth-order valence-corrected chi connectivity index (χ4v) is 1.72. The lowest BCUT2D eigenvalue weighted by molar-refractivity contribution is 0.0996. The molecular formula is C13H12FN3O3. The number of nitrogens with one attached hydrogen (secondary N) is 1. The Labute approximate surface area is 113 Å². The molecule has 4 N–H and O–H groups in total. The van der Waals surface area contributed by atoms with Crippen molar-refractivity contribution in [2.75, 3.05) is 5.32 Å². The summed E-state index contributed by atoms with van der Waals surface area (Å²) in [7, 11) is 0. The van der Waals surface area contributed by atoms with Crippen molar-refractivity contribution in [1.82, 2.24) is 0 Å². The van der Waals surface area contributed by atoms with Crippen molar-refractivity contribution < 1.29 is 18.8 Å². The molecule has 0 aliphatic rings. The molecule has 0 aliphatic heterocycles. The highest BCUT2D eigenvalue weighted by Crippen LogP contribution is 2.20. The molecule has 0 unspecified atom stereocenters. The number of amides is 1. The van der Waals surface area contributed by atoms with Gasteiger partial charge in [-0.1, -0.05) is 11.2 Å². The first-order valence-electron chi connectivity index (χ1n) is 5.66. The fourth-order valence-electron chi connectivity index (χ4n) is 1.72. The number of aryl methyl sites for hydroxylation is 1. The zero-order valence-electron chi connectivity index (χ0n) is 10.6. The van der Waals surface area contributed by atoms with Gasteiger partial charge in [0.15, 0.2) is 11.6 Å². The summed E-state index contributed by atoms with van der Waals surface area (Å²) in [5, 5.41) is 13.9. The van der Waals surface area contributed by atoms with E-state index in [4.69, 9.17) is 15.4 Å². The summed E-state index contributed by atoms with van der Waals surface area (Å²) in [4.78, 5) is 12.0. The molecule has 2 aromatic rings. The standard InChI is InChI=1S/C13H12FN3O3/c1-7-5-6-20-11(7)13(18)16-9-4-2-3-8(14)10(9)12(15)17-19/h2-6,19H,1H3,(H2,15,17)(H,16,18). The van der Waals surface area contributed by atoms with Crippen LogP contribution in [0.25, 0.3) is 0 Å². The second kappa shape index (κ2) is 5.43. The van der Waals surface area contributed by atoms with Crippen LogP contribution in [0.3, 0.4) is 0 Å². The van der Waals surface area contributed by atoms with E-state index in [0.717, 1.165) is 6.07 Å². The first-order valence-corrected chi connectivity index (χ1v) is 5.66. The van der Waals surface area contributed by atoms with Crippen LogP contribution >= 0.6 is 0 Å². The number of amidine groups is 1. The van der Waals surface area contributed by atoms with Gasteiger partial charge in [0.2, 0.25) is 0 Å². The van der Waals surface area contributed by atoms with E-state index in [0.29, 0.717) is 5.56 Å². The summed E-state index contributed by atoms with van der Waals surface area (Å²) in [6.45, 7) is 1.70. The predicted octanol–water partition coefficient (Wildman–Crippen LogP) is 2.07. The number of nitrogens with zero attached hydrogens (tertiary/aromatic N) is 1. The molecule has 0 spiro atoms. The molecule has 0 radical (unpaired) electrons. The Morgan fingerprint density at radius 2 is 2.20 bits per heavy atom. The van der Waals surface area contributed by atoms with Crippen LogP contribution in [0.2, 0.25) is 0 Å². The lowest BCUT2D eigenvalue weighted by atomic mass is 10.1. The minimum atomic E-state index is -0.714. The van der Waals surface area contributed by atoms with E-state index in [9.17, 15) is 9.18 Å². The van der Waals surface area contributed by atoms with Gasteiger partial charge in [0.1, 0.15) is 5.82 Å². The normalized spacial score (nSPS) is 11.4. The Balaban J connectivity index is 2.38. The molecule has 0 saturated carbocycles. The molecule has 0 saturated heterocycles. The van der Waals surface area contributed by atoms with Crippen LogP contribution in [-0.4, -0.2) is 17.0 Å². The highest BCUT2D eigenvalue weighted by atomic mass is 19.1. The molecular weight excluding hydrogens is 265 g/mol. The molecule has 2 rings (SSSR count). The van der Waals surface area contributed by atoms with Gasteiger partial charge >= 0.3 is 0 Å². The summed E-state index contributed by atoms with van der Waals surface area (Å²) < 4.78 is 18.8. The number of hydrogen-bond donors (Lipinski definition) is 3. The second-order valence-electron chi connectivity index (χ2n) is 4.03. The van der Waals surface area contributed by atoms with Crippen molar-refractivity contribution >= 4 is 17.4 Å². The number of nitrogens with two attached hydrogens (primary N) is 1. The topological polar surface area (TPSA) is 101 Å². The third kappa shape index (κ3) is 2.46. The van der Waals surface area contributed by atoms with Gasteiger partial charge in [0, 0.05) is 5.56 Å². The average molecular weight is 277 g/mol. The zero-order chi connectivity index (χ0) is 14.7. The number of halogens is 1. The SMILES string of the molecule is Cc1ccoc1C(=O)Nc1cccc(F)c1/C(N)=N/O. The third-order valence-corrected chi connectivity index (χ3v) is 2.69. The second-order valence-corrected chi connectivity index (χ2v) is 4.03. The highest BCUT2D eigenvalue weighted by molar-refractivity contribution is 6.09. The van der Waals surface area contributed by atoms with Crippen molar-refractivity contribution in [3.63, 3.8) is 0 Å². The third-order valence-electron chi connectivity index (χ3n) is 2.69. The van der Waals surface area contributed by atoms with E-state index in [1.165, 1.54) is 18.4 Å². The minimum Gasteiger partial charge on any atom is -0.459 e. The van der Waals surface area contributed by atoms with Gasteiger partial charge in [0.25, 0.3) is 5.91 Å². The largest absolute Gasteiger partial charge is 0.459 e. The van der Waals surface area contributed by atoms with Crippen LogP contribution in [0.1, 0.15) is 21.7 Å². The Kier molecular flexibility index (Phi) is 3.69. The van der Waals surface area contributed by atoms with E-state index in [1.807, 2.05) is 0 Å². The smallest absolute Gasteiger partial charge is 0.291 e. The number of rotatable bonds is 3. The van der Waals surface area contributed by atoms with Crippen molar-refractivity contribution in [2.24, 2.45) is 10.9 Å². The van der Waals surface area contributed by atoms with Gasteiger partial charge < -0.3 is 20.7 Å². The van der Waals surface area contributed by atoms with E-state index in [2.05, 4.69) is 10.5 Å². The van der Waals surface area contributed by atoms with Crippen LogP contribution in [0.5, 0.6) is 0 Å². The van der Waals surface area contributed by atoms with Gasteiger partial charge in [-0.3, -0.25) is 4.79 Å². The molecule has 0 aliphatic carbocycles. The summed E-state index contributed by atoms with van der Waals surface area (Å²) in [6, 6.07) is 5.60. The molecule has 1 aromatic carbocycles. The zero-order valence-corrected chi connectivity index (χ0v) is 10.6. The van der Waals surface area contributed by atoms with Crippen LogP contribution in [-0.2, 0) is 0 Å². The Bertz CT molecular complexity index is 679. The molecule has 7 heteroatoms. The van der Waals surface area contributed by atoms with Crippen LogP contribution < -0.4 is 11.1 Å². The average Bonchev–Trinajstić information content (AvgIpc) is 2.84. The number of oxime groups is 1. The summed E-state index contributed by atoms with van der Waals surface area (Å²) in [6.07, 6.45) is 1.38. The molecule has 1 heterocycles. The molecule has 1 aromatic heterocycles.